The molecule has 4 heteroatoms. The van der Waals surface area contributed by atoms with E-state index in [-0.39, 0.29) is 5.82 Å². The molecule has 1 aromatic heterocycles. The van der Waals surface area contributed by atoms with Gasteiger partial charge in [-0.3, -0.25) is 5.10 Å². The fourth-order valence-electron chi connectivity index (χ4n) is 1.17. The van der Waals surface area contributed by atoms with Gasteiger partial charge >= 0.3 is 0 Å². The number of benzene rings is 1. The second-order valence-corrected chi connectivity index (χ2v) is 2.76. The molecule has 0 saturated carbocycles. The van der Waals surface area contributed by atoms with Gasteiger partial charge in [0.2, 0.25) is 0 Å². The predicted octanol–water partition coefficient (Wildman–Crippen LogP) is 1.59. The van der Waals surface area contributed by atoms with Crippen LogP contribution in [0.25, 0.3) is 10.9 Å². The second-order valence-electron chi connectivity index (χ2n) is 2.76. The lowest BCUT2D eigenvalue weighted by atomic mass is 10.1. The standard InChI is InChI=1S/C8H8FN3/c1-4-2-5-7(3-6(4)9)11-12-8(5)10/h2-3H,1H3,(H3,10,11,12). The minimum Gasteiger partial charge on any atom is -0.382 e. The van der Waals surface area contributed by atoms with E-state index in [0.29, 0.717) is 16.9 Å². The molecule has 12 heavy (non-hydrogen) atoms. The van der Waals surface area contributed by atoms with Gasteiger partial charge in [-0.05, 0) is 24.6 Å². The summed E-state index contributed by atoms with van der Waals surface area (Å²) in [5.74, 6) is 0.166. The number of aromatic nitrogens is 2. The first-order valence-electron chi connectivity index (χ1n) is 3.58. The molecule has 0 atom stereocenters. The fourth-order valence-corrected chi connectivity index (χ4v) is 1.17. The third-order valence-corrected chi connectivity index (χ3v) is 1.87. The summed E-state index contributed by atoms with van der Waals surface area (Å²) in [6.45, 7) is 1.70. The molecule has 0 amide bonds. The second kappa shape index (κ2) is 2.20. The summed E-state index contributed by atoms with van der Waals surface area (Å²) >= 11 is 0. The van der Waals surface area contributed by atoms with Crippen molar-refractivity contribution in [3.63, 3.8) is 0 Å². The molecular weight excluding hydrogens is 157 g/mol. The molecule has 0 saturated heterocycles. The molecule has 0 aliphatic heterocycles. The zero-order valence-corrected chi connectivity index (χ0v) is 6.56. The largest absolute Gasteiger partial charge is 0.382 e. The summed E-state index contributed by atoms with van der Waals surface area (Å²) in [6, 6.07) is 3.08. The number of nitrogen functional groups attached to an aromatic ring is 1. The molecule has 0 unspecified atom stereocenters. The Morgan fingerprint density at radius 2 is 2.25 bits per heavy atom. The Morgan fingerprint density at radius 1 is 1.50 bits per heavy atom. The van der Waals surface area contributed by atoms with E-state index >= 15 is 0 Å². The van der Waals surface area contributed by atoms with E-state index in [1.165, 1.54) is 6.07 Å². The SMILES string of the molecule is Cc1cc2c(N)n[nH]c2cc1F. The number of rotatable bonds is 0. The Labute approximate surface area is 68.4 Å². The van der Waals surface area contributed by atoms with Crippen LogP contribution in [-0.4, -0.2) is 10.2 Å². The lowest BCUT2D eigenvalue weighted by molar-refractivity contribution is 0.620. The number of anilines is 1. The highest BCUT2D eigenvalue weighted by atomic mass is 19.1. The van der Waals surface area contributed by atoms with E-state index in [1.807, 2.05) is 0 Å². The molecule has 0 aliphatic rings. The van der Waals surface area contributed by atoms with Crippen LogP contribution in [0.3, 0.4) is 0 Å². The van der Waals surface area contributed by atoms with Crippen molar-refractivity contribution in [2.24, 2.45) is 0 Å². The molecule has 0 radical (unpaired) electrons. The number of nitrogens with two attached hydrogens (primary N) is 1. The van der Waals surface area contributed by atoms with Crippen molar-refractivity contribution in [3.8, 4) is 0 Å². The zero-order valence-electron chi connectivity index (χ0n) is 6.56. The summed E-state index contributed by atoms with van der Waals surface area (Å²) in [4.78, 5) is 0. The Hall–Kier alpha value is -1.58. The maximum absolute atomic E-state index is 13.0. The van der Waals surface area contributed by atoms with Crippen molar-refractivity contribution in [1.29, 1.82) is 0 Å². The van der Waals surface area contributed by atoms with Crippen molar-refractivity contribution in [1.82, 2.24) is 10.2 Å². The molecule has 1 aromatic carbocycles. The first kappa shape index (κ1) is 7.09. The van der Waals surface area contributed by atoms with Crippen LogP contribution >= 0.6 is 0 Å². The number of nitrogens with zero attached hydrogens (tertiary/aromatic N) is 1. The lowest BCUT2D eigenvalue weighted by Gasteiger charge is -1.95. The topological polar surface area (TPSA) is 54.7 Å². The van der Waals surface area contributed by atoms with Gasteiger partial charge in [-0.1, -0.05) is 0 Å². The van der Waals surface area contributed by atoms with E-state index in [4.69, 9.17) is 5.73 Å². The van der Waals surface area contributed by atoms with Gasteiger partial charge in [0.05, 0.1) is 5.52 Å². The van der Waals surface area contributed by atoms with E-state index in [2.05, 4.69) is 10.2 Å². The quantitative estimate of drug-likeness (QED) is 0.622. The van der Waals surface area contributed by atoms with E-state index < -0.39 is 0 Å². The van der Waals surface area contributed by atoms with Crippen LogP contribution in [0.4, 0.5) is 10.2 Å². The van der Waals surface area contributed by atoms with Crippen LogP contribution < -0.4 is 5.73 Å². The van der Waals surface area contributed by atoms with Gasteiger partial charge < -0.3 is 5.73 Å². The minimum absolute atomic E-state index is 0.244. The number of hydrogen-bond donors (Lipinski definition) is 2. The third-order valence-electron chi connectivity index (χ3n) is 1.87. The number of aromatic amines is 1. The molecule has 0 bridgehead atoms. The van der Waals surface area contributed by atoms with Crippen molar-refractivity contribution in [3.05, 3.63) is 23.5 Å². The summed E-state index contributed by atoms with van der Waals surface area (Å²) in [7, 11) is 0. The first-order chi connectivity index (χ1) is 5.68. The van der Waals surface area contributed by atoms with Crippen molar-refractivity contribution in [2.45, 2.75) is 6.92 Å². The van der Waals surface area contributed by atoms with E-state index in [9.17, 15) is 4.39 Å². The number of hydrogen-bond acceptors (Lipinski definition) is 2. The fraction of sp³-hybridized carbons (Fsp3) is 0.125. The molecule has 62 valence electrons. The Kier molecular flexibility index (Phi) is 1.30. The summed E-state index contributed by atoms with van der Waals surface area (Å²) in [5, 5.41) is 7.18. The van der Waals surface area contributed by atoms with Gasteiger partial charge in [0.1, 0.15) is 5.82 Å². The van der Waals surface area contributed by atoms with Gasteiger partial charge in [-0.2, -0.15) is 5.10 Å². The van der Waals surface area contributed by atoms with E-state index in [0.717, 1.165) is 5.39 Å². The number of H-pyrrole nitrogens is 1. The molecule has 3 nitrogen and oxygen atoms in total. The third kappa shape index (κ3) is 0.845. The van der Waals surface area contributed by atoms with Crippen LogP contribution in [0.15, 0.2) is 12.1 Å². The predicted molar refractivity (Wildman–Crippen MR) is 45.2 cm³/mol. The van der Waals surface area contributed by atoms with Crippen LogP contribution in [-0.2, 0) is 0 Å². The molecule has 3 N–H and O–H groups in total. The Bertz CT molecular complexity index is 433. The smallest absolute Gasteiger partial charge is 0.153 e. The summed E-state index contributed by atoms with van der Waals surface area (Å²) in [5.41, 5.74) is 6.74. The number of halogens is 1. The van der Waals surface area contributed by atoms with Crippen LogP contribution in [0.5, 0.6) is 0 Å². The minimum atomic E-state index is -0.244. The van der Waals surface area contributed by atoms with Crippen molar-refractivity contribution < 1.29 is 4.39 Å². The van der Waals surface area contributed by atoms with Crippen LogP contribution in [0.1, 0.15) is 5.56 Å². The van der Waals surface area contributed by atoms with Crippen LogP contribution in [0.2, 0.25) is 0 Å². The summed E-state index contributed by atoms with van der Waals surface area (Å²) < 4.78 is 13.0. The maximum atomic E-state index is 13.0. The average molecular weight is 165 g/mol. The van der Waals surface area contributed by atoms with Gasteiger partial charge in [-0.15, -0.1) is 0 Å². The summed E-state index contributed by atoms with van der Waals surface area (Å²) in [6.07, 6.45) is 0. The molecule has 0 aliphatic carbocycles. The average Bonchev–Trinajstić information content (AvgIpc) is 2.35. The molecule has 2 aromatic rings. The molecule has 0 fully saturated rings. The Balaban J connectivity index is 2.87. The normalized spacial score (nSPS) is 10.8. The van der Waals surface area contributed by atoms with Gasteiger partial charge in [-0.25, -0.2) is 4.39 Å². The molecular formula is C8H8FN3. The highest BCUT2D eigenvalue weighted by Gasteiger charge is 2.05. The van der Waals surface area contributed by atoms with Gasteiger partial charge in [0.15, 0.2) is 5.82 Å². The Morgan fingerprint density at radius 3 is 3.00 bits per heavy atom. The molecule has 2 rings (SSSR count). The number of nitrogens with one attached hydrogen (secondary N) is 1. The van der Waals surface area contributed by atoms with Gasteiger partial charge in [0.25, 0.3) is 0 Å². The molecule has 0 spiro atoms. The first-order valence-corrected chi connectivity index (χ1v) is 3.58. The van der Waals surface area contributed by atoms with Crippen molar-refractivity contribution in [2.75, 3.05) is 5.73 Å². The highest BCUT2D eigenvalue weighted by molar-refractivity contribution is 5.89. The monoisotopic (exact) mass is 165 g/mol. The van der Waals surface area contributed by atoms with Crippen molar-refractivity contribution >= 4 is 16.7 Å². The highest BCUT2D eigenvalue weighted by Crippen LogP contribution is 2.20. The maximum Gasteiger partial charge on any atom is 0.153 e. The van der Waals surface area contributed by atoms with Crippen LogP contribution in [0, 0.1) is 12.7 Å². The van der Waals surface area contributed by atoms with E-state index in [1.54, 1.807) is 13.0 Å². The number of aryl methyl sites for hydroxylation is 1. The van der Waals surface area contributed by atoms with Gasteiger partial charge in [0, 0.05) is 5.39 Å². The molecule has 1 heterocycles. The zero-order chi connectivity index (χ0) is 8.72. The lowest BCUT2D eigenvalue weighted by Crippen LogP contribution is -1.85. The number of fused-ring (bicyclic) bond motifs is 1.